The van der Waals surface area contributed by atoms with Crippen LogP contribution in [-0.2, 0) is 19.5 Å². The molecule has 0 bridgehead atoms. The number of carbonyl (C=O) groups is 2. The predicted molar refractivity (Wildman–Crippen MR) is 137 cm³/mol. The first-order valence-corrected chi connectivity index (χ1v) is 11.5. The van der Waals surface area contributed by atoms with Gasteiger partial charge >= 0.3 is 0 Å². The molecule has 2 heterocycles. The number of fused-ring (bicyclic) bond motifs is 1. The summed E-state index contributed by atoms with van der Waals surface area (Å²) >= 11 is 0. The Kier molecular flexibility index (Phi) is 5.88. The second-order valence-electron chi connectivity index (χ2n) is 8.75. The summed E-state index contributed by atoms with van der Waals surface area (Å²) in [5.74, 6) is -1.95. The highest BCUT2D eigenvalue weighted by Gasteiger charge is 2.27. The number of nitrogens with two attached hydrogens (primary N) is 2. The molecule has 0 saturated heterocycles. The molecule has 3 aromatic carbocycles. The molecule has 1 aromatic heterocycles. The Morgan fingerprint density at radius 3 is 2.49 bits per heavy atom. The van der Waals surface area contributed by atoms with Crippen molar-refractivity contribution in [2.75, 3.05) is 17.2 Å². The molecule has 186 valence electrons. The van der Waals surface area contributed by atoms with E-state index in [-0.39, 0.29) is 35.0 Å². The fourth-order valence-electron chi connectivity index (χ4n) is 4.52. The van der Waals surface area contributed by atoms with Crippen LogP contribution in [0.25, 0.3) is 11.1 Å². The minimum absolute atomic E-state index is 0.00743. The number of aromatic amines is 1. The van der Waals surface area contributed by atoms with Crippen LogP contribution in [-0.4, -0.2) is 28.3 Å². The number of nitrogens with one attached hydrogen (secondary N) is 2. The number of rotatable bonds is 6. The van der Waals surface area contributed by atoms with E-state index < -0.39 is 28.2 Å². The fraction of sp³-hybridized carbons (Fsp3) is 0.154. The molecule has 6 N–H and O–H groups in total. The van der Waals surface area contributed by atoms with Gasteiger partial charge in [-0.15, -0.1) is 0 Å². The van der Waals surface area contributed by atoms with Crippen molar-refractivity contribution in [2.24, 2.45) is 5.73 Å². The summed E-state index contributed by atoms with van der Waals surface area (Å²) in [6, 6.07) is 14.1. The minimum Gasteiger partial charge on any atom is -0.394 e. The van der Waals surface area contributed by atoms with Gasteiger partial charge in [0.2, 0.25) is 0 Å². The molecule has 1 aliphatic heterocycles. The first-order valence-electron chi connectivity index (χ1n) is 11.5. The zero-order valence-corrected chi connectivity index (χ0v) is 19.5. The molecular formula is C26H22N6O5. The van der Waals surface area contributed by atoms with Crippen LogP contribution >= 0.6 is 0 Å². The molecule has 37 heavy (non-hydrogen) atoms. The van der Waals surface area contributed by atoms with Crippen molar-refractivity contribution >= 4 is 23.2 Å². The topological polar surface area (TPSA) is 181 Å². The first kappa shape index (κ1) is 23.7. The Hall–Kier alpha value is -5.06. The summed E-state index contributed by atoms with van der Waals surface area (Å²) in [5, 5.41) is 2.69. The lowest BCUT2D eigenvalue weighted by molar-refractivity contribution is 0.0939. The van der Waals surface area contributed by atoms with Gasteiger partial charge in [-0.25, -0.2) is 4.98 Å². The zero-order valence-electron chi connectivity index (χ0n) is 19.5. The highest BCUT2D eigenvalue weighted by Crippen LogP contribution is 2.26. The van der Waals surface area contributed by atoms with Crippen LogP contribution in [0.4, 0.5) is 11.4 Å². The van der Waals surface area contributed by atoms with Gasteiger partial charge in [0.15, 0.2) is 5.82 Å². The molecule has 4 aromatic rings. The van der Waals surface area contributed by atoms with Crippen molar-refractivity contribution in [1.82, 2.24) is 15.3 Å². The molecule has 2 amide bonds. The van der Waals surface area contributed by atoms with Crippen LogP contribution in [0, 0.1) is 0 Å². The lowest BCUT2D eigenvalue weighted by atomic mass is 9.96. The number of hydrogen-bond acceptors (Lipinski definition) is 8. The zero-order chi connectivity index (χ0) is 26.3. The van der Waals surface area contributed by atoms with E-state index in [9.17, 15) is 24.0 Å². The molecule has 0 saturated carbocycles. The smallest absolute Gasteiger partial charge is 0.287 e. The molecule has 0 fully saturated rings. The SMILES string of the molecule is NC(=O)c1nc(C(=O)NCc2ccc3c(c2)CN(c2c(N)c(=O)c2=O)CC3)[nH]c(=O)c1-c1ccccc1. The number of anilines is 2. The lowest BCUT2D eigenvalue weighted by Gasteiger charge is -2.32. The Bertz CT molecular complexity index is 1680. The molecule has 1 aliphatic rings. The second kappa shape index (κ2) is 9.19. The van der Waals surface area contributed by atoms with E-state index >= 15 is 0 Å². The highest BCUT2D eigenvalue weighted by atomic mass is 16.2. The summed E-state index contributed by atoms with van der Waals surface area (Å²) in [6.07, 6.45) is 0.676. The van der Waals surface area contributed by atoms with Crippen LogP contribution < -0.4 is 38.1 Å². The Balaban J connectivity index is 1.34. The third kappa shape index (κ3) is 4.27. The molecule has 11 heteroatoms. The van der Waals surface area contributed by atoms with Gasteiger partial charge in [-0.1, -0.05) is 48.5 Å². The lowest BCUT2D eigenvalue weighted by Crippen LogP contribution is -2.44. The van der Waals surface area contributed by atoms with Crippen LogP contribution in [0.3, 0.4) is 0 Å². The monoisotopic (exact) mass is 498 g/mol. The summed E-state index contributed by atoms with van der Waals surface area (Å²) in [6.45, 7) is 1.09. The molecule has 0 spiro atoms. The van der Waals surface area contributed by atoms with Crippen molar-refractivity contribution in [2.45, 2.75) is 19.5 Å². The molecule has 5 rings (SSSR count). The van der Waals surface area contributed by atoms with E-state index in [1.807, 2.05) is 18.2 Å². The van der Waals surface area contributed by atoms with Gasteiger partial charge in [0.05, 0.1) is 5.56 Å². The van der Waals surface area contributed by atoms with Crippen LogP contribution in [0.5, 0.6) is 0 Å². The van der Waals surface area contributed by atoms with E-state index in [2.05, 4.69) is 15.3 Å². The van der Waals surface area contributed by atoms with Crippen molar-refractivity contribution in [3.05, 3.63) is 108 Å². The number of benzene rings is 2. The maximum absolute atomic E-state index is 12.8. The van der Waals surface area contributed by atoms with Crippen molar-refractivity contribution < 1.29 is 9.59 Å². The number of aromatic nitrogens is 2. The van der Waals surface area contributed by atoms with Crippen molar-refractivity contribution in [1.29, 1.82) is 0 Å². The molecule has 11 nitrogen and oxygen atoms in total. The Labute approximate surface area is 209 Å². The van der Waals surface area contributed by atoms with Gasteiger partial charge in [-0.2, -0.15) is 0 Å². The fourth-order valence-corrected chi connectivity index (χ4v) is 4.52. The minimum atomic E-state index is -0.930. The molecule has 0 radical (unpaired) electrons. The standard InChI is InChI=1S/C26H22N6O5/c27-18-20(22(34)21(18)33)32-9-8-14-7-6-13(10-16(14)12-32)11-29-26(37)24-30-19(23(28)35)17(25(36)31-24)15-4-2-1-3-5-15/h1-7,10H,8-9,11-12,27H2,(H2,28,35)(H,29,37)(H,30,31,36). The largest absolute Gasteiger partial charge is 0.394 e. The first-order chi connectivity index (χ1) is 17.7. The van der Waals surface area contributed by atoms with Crippen LogP contribution in [0.2, 0.25) is 0 Å². The molecule has 0 atom stereocenters. The molecular weight excluding hydrogens is 476 g/mol. The summed E-state index contributed by atoms with van der Waals surface area (Å²) in [7, 11) is 0. The number of hydrogen-bond donors (Lipinski definition) is 4. The quantitative estimate of drug-likeness (QED) is 0.272. The van der Waals surface area contributed by atoms with Crippen molar-refractivity contribution in [3.8, 4) is 11.1 Å². The Morgan fingerprint density at radius 2 is 1.78 bits per heavy atom. The van der Waals surface area contributed by atoms with Crippen LogP contribution in [0.1, 0.15) is 37.8 Å². The van der Waals surface area contributed by atoms with E-state index in [0.717, 1.165) is 16.7 Å². The normalized spacial score (nSPS) is 12.8. The van der Waals surface area contributed by atoms with E-state index in [0.29, 0.717) is 25.1 Å². The van der Waals surface area contributed by atoms with Gasteiger partial charge in [-0.05, 0) is 28.7 Å². The maximum Gasteiger partial charge on any atom is 0.287 e. The number of nitrogens with zero attached hydrogens (tertiary/aromatic N) is 2. The number of primary amides is 1. The number of nitrogen functional groups attached to an aromatic ring is 1. The molecule has 0 aliphatic carbocycles. The third-order valence-electron chi connectivity index (χ3n) is 6.40. The van der Waals surface area contributed by atoms with Crippen LogP contribution in [0.15, 0.2) is 62.9 Å². The molecule has 0 unspecified atom stereocenters. The summed E-state index contributed by atoms with van der Waals surface area (Å²) in [4.78, 5) is 69.2. The Morgan fingerprint density at radius 1 is 1.03 bits per heavy atom. The average molecular weight is 498 g/mol. The highest BCUT2D eigenvalue weighted by molar-refractivity contribution is 5.99. The number of H-pyrrole nitrogens is 1. The van der Waals surface area contributed by atoms with Gasteiger partial charge in [-0.3, -0.25) is 24.0 Å². The van der Waals surface area contributed by atoms with E-state index in [1.165, 1.54) is 0 Å². The number of carbonyl (C=O) groups excluding carboxylic acids is 2. The van der Waals surface area contributed by atoms with Crippen molar-refractivity contribution in [3.63, 3.8) is 0 Å². The summed E-state index contributed by atoms with van der Waals surface area (Å²) in [5.41, 5.74) is 12.5. The third-order valence-corrected chi connectivity index (χ3v) is 6.40. The van der Waals surface area contributed by atoms with Gasteiger partial charge in [0.25, 0.3) is 28.2 Å². The maximum atomic E-state index is 12.8. The second-order valence-corrected chi connectivity index (χ2v) is 8.75. The number of amides is 2. The van der Waals surface area contributed by atoms with Gasteiger partial charge in [0.1, 0.15) is 17.1 Å². The van der Waals surface area contributed by atoms with Gasteiger partial charge in [0, 0.05) is 19.6 Å². The average Bonchev–Trinajstić information content (AvgIpc) is 2.91. The summed E-state index contributed by atoms with van der Waals surface area (Å²) < 4.78 is 0. The van der Waals surface area contributed by atoms with E-state index in [1.54, 1.807) is 35.2 Å². The van der Waals surface area contributed by atoms with E-state index in [4.69, 9.17) is 11.5 Å². The van der Waals surface area contributed by atoms with Gasteiger partial charge < -0.3 is 26.7 Å². The predicted octanol–water partition coefficient (Wildman–Crippen LogP) is 0.207.